The number of oxime groups is 1. The van der Waals surface area contributed by atoms with Crippen molar-refractivity contribution in [2.75, 3.05) is 25.4 Å². The minimum absolute atomic E-state index is 0.0295. The van der Waals surface area contributed by atoms with Gasteiger partial charge in [-0.2, -0.15) is 4.80 Å². The molecule has 2 aliphatic rings. The molecule has 0 aliphatic carbocycles. The summed E-state index contributed by atoms with van der Waals surface area (Å²) in [5.74, 6) is -1.87. The monoisotopic (exact) mass is 619 g/mol. The summed E-state index contributed by atoms with van der Waals surface area (Å²) in [4.78, 5) is 63.2. The number of nitrogens with one attached hydrogen (secondary N) is 1. The number of amides is 2. The number of aryl methyl sites for hydroxylation is 1. The Balaban J connectivity index is 1.53. The third-order valence-corrected chi connectivity index (χ3v) is 7.75. The smallest absolute Gasteiger partial charge is 0.358 e. The summed E-state index contributed by atoms with van der Waals surface area (Å²) in [6, 6.07) is -0.977. The maximum Gasteiger partial charge on any atom is 0.358 e. The Morgan fingerprint density at radius 1 is 1.29 bits per heavy atom. The van der Waals surface area contributed by atoms with Crippen molar-refractivity contribution in [1.82, 2.24) is 35.4 Å². The normalized spacial score (nSPS) is 18.9. The standard InChI is InChI=1S/C24H29N9O7S2/c1-12-28-31-32(29-12)8-6-7-13-9-41-20-16(27-18(34)15(30-38-5)14-10-42-23(25)26-14)19(35)33(20)17(13)21(36)39-11-40-22(37)24(2,3)4/h6-7,10,16,20H,8-9,11H2,1-5H3,(H2,25,26)(H,27,34)/b7-6+,30-15?/t16?,20-/m1/s1. The molecule has 2 atom stereocenters. The van der Waals surface area contributed by atoms with Crippen LogP contribution in [0.2, 0.25) is 0 Å². The number of thioether (sulfide) groups is 1. The number of fused-ring (bicyclic) bond motifs is 1. The van der Waals surface area contributed by atoms with Crippen LogP contribution in [0.15, 0.2) is 34.0 Å². The van der Waals surface area contributed by atoms with E-state index in [-0.39, 0.29) is 28.8 Å². The number of carbonyl (C=O) groups is 4. The van der Waals surface area contributed by atoms with Crippen LogP contribution in [0.4, 0.5) is 5.13 Å². The summed E-state index contributed by atoms with van der Waals surface area (Å²) in [6.07, 6.45) is 3.37. The van der Waals surface area contributed by atoms with Crippen LogP contribution >= 0.6 is 23.1 Å². The van der Waals surface area contributed by atoms with Gasteiger partial charge in [-0.05, 0) is 38.5 Å². The van der Waals surface area contributed by atoms with Crippen LogP contribution < -0.4 is 11.1 Å². The Labute approximate surface area is 248 Å². The molecule has 3 N–H and O–H groups in total. The predicted molar refractivity (Wildman–Crippen MR) is 150 cm³/mol. The summed E-state index contributed by atoms with van der Waals surface area (Å²) in [7, 11) is 1.27. The first kappa shape index (κ1) is 30.6. The van der Waals surface area contributed by atoms with Gasteiger partial charge in [0.15, 0.2) is 16.7 Å². The van der Waals surface area contributed by atoms with Crippen molar-refractivity contribution >= 4 is 57.7 Å². The average molecular weight is 620 g/mol. The lowest BCUT2D eigenvalue weighted by atomic mass is 9.98. The summed E-state index contributed by atoms with van der Waals surface area (Å²) in [6.45, 7) is 6.32. The van der Waals surface area contributed by atoms with E-state index in [1.165, 1.54) is 33.9 Å². The maximum absolute atomic E-state index is 13.3. The molecule has 4 rings (SSSR count). The number of aromatic nitrogens is 5. The highest BCUT2D eigenvalue weighted by atomic mass is 32.2. The number of nitrogens with zero attached hydrogens (tertiary/aromatic N) is 7. The molecule has 18 heteroatoms. The highest BCUT2D eigenvalue weighted by Crippen LogP contribution is 2.41. The molecule has 1 fully saturated rings. The van der Waals surface area contributed by atoms with E-state index >= 15 is 0 Å². The van der Waals surface area contributed by atoms with Gasteiger partial charge in [0, 0.05) is 11.1 Å². The van der Waals surface area contributed by atoms with Crippen LogP contribution in [0.3, 0.4) is 0 Å². The van der Waals surface area contributed by atoms with Crippen molar-refractivity contribution in [3.63, 3.8) is 0 Å². The van der Waals surface area contributed by atoms with Crippen LogP contribution in [0, 0.1) is 12.3 Å². The molecule has 1 saturated heterocycles. The molecule has 2 amide bonds. The maximum atomic E-state index is 13.3. The number of β-lactam (4-membered cyclic amide) rings is 1. The molecule has 0 saturated carbocycles. The predicted octanol–water partition coefficient (Wildman–Crippen LogP) is 0.371. The minimum atomic E-state index is -0.977. The summed E-state index contributed by atoms with van der Waals surface area (Å²) in [5.41, 5.74) is 5.37. The lowest BCUT2D eigenvalue weighted by Crippen LogP contribution is -2.71. The number of nitrogens with two attached hydrogens (primary N) is 1. The van der Waals surface area contributed by atoms with Crippen LogP contribution in [-0.4, -0.2) is 90.6 Å². The fourth-order valence-corrected chi connectivity index (χ4v) is 5.64. The SMILES string of the molecule is CON=C(C(=O)NC1C(=O)N2C(C(=O)OCOC(=O)C(C)(C)C)=C(/C=C/Cn3nnc(C)n3)CS[C@H]12)c1csc(N)n1. The second kappa shape index (κ2) is 12.7. The Bertz CT molecular complexity index is 1470. The van der Waals surface area contributed by atoms with Crippen molar-refractivity contribution in [2.24, 2.45) is 10.6 Å². The van der Waals surface area contributed by atoms with Gasteiger partial charge in [-0.25, -0.2) is 9.78 Å². The third-order valence-electron chi connectivity index (χ3n) is 5.77. The fraction of sp³-hybridized carbons (Fsp3) is 0.458. The van der Waals surface area contributed by atoms with Gasteiger partial charge in [-0.1, -0.05) is 17.3 Å². The molecule has 0 bridgehead atoms. The zero-order valence-corrected chi connectivity index (χ0v) is 25.0. The van der Waals surface area contributed by atoms with Gasteiger partial charge in [0.05, 0.1) is 12.0 Å². The third kappa shape index (κ3) is 6.76. The van der Waals surface area contributed by atoms with E-state index in [1.54, 1.807) is 39.8 Å². The molecule has 2 aromatic rings. The van der Waals surface area contributed by atoms with Crippen LogP contribution in [0.5, 0.6) is 0 Å². The van der Waals surface area contributed by atoms with E-state index in [9.17, 15) is 19.2 Å². The molecule has 0 radical (unpaired) electrons. The number of carbonyl (C=O) groups excluding carboxylic acids is 4. The van der Waals surface area contributed by atoms with Gasteiger partial charge in [-0.15, -0.1) is 33.3 Å². The number of thiazole rings is 1. The molecule has 42 heavy (non-hydrogen) atoms. The minimum Gasteiger partial charge on any atom is -0.427 e. The van der Waals surface area contributed by atoms with Crippen molar-refractivity contribution in [2.45, 2.75) is 45.7 Å². The number of nitrogen functional groups attached to an aromatic ring is 1. The van der Waals surface area contributed by atoms with Gasteiger partial charge in [-0.3, -0.25) is 19.3 Å². The van der Waals surface area contributed by atoms with Crippen molar-refractivity contribution in [3.05, 3.63) is 40.3 Å². The Morgan fingerprint density at radius 2 is 2.05 bits per heavy atom. The average Bonchev–Trinajstić information content (AvgIpc) is 3.56. The lowest BCUT2D eigenvalue weighted by molar-refractivity contribution is -0.173. The van der Waals surface area contributed by atoms with Gasteiger partial charge in [0.1, 0.15) is 29.9 Å². The number of allylic oxidation sites excluding steroid dienone is 2. The quantitative estimate of drug-likeness (QED) is 0.121. The van der Waals surface area contributed by atoms with E-state index in [4.69, 9.17) is 20.0 Å². The molecule has 2 aromatic heterocycles. The number of rotatable bonds is 10. The van der Waals surface area contributed by atoms with Crippen LogP contribution in [-0.2, 0) is 40.0 Å². The van der Waals surface area contributed by atoms with Gasteiger partial charge in [0.2, 0.25) is 6.79 Å². The second-order valence-electron chi connectivity index (χ2n) is 9.95. The molecule has 224 valence electrons. The van der Waals surface area contributed by atoms with Gasteiger partial charge < -0.3 is 25.4 Å². The zero-order valence-electron chi connectivity index (χ0n) is 23.4. The van der Waals surface area contributed by atoms with Crippen molar-refractivity contribution in [3.8, 4) is 0 Å². The summed E-state index contributed by atoms with van der Waals surface area (Å²) >= 11 is 2.45. The lowest BCUT2D eigenvalue weighted by Gasteiger charge is -2.49. The van der Waals surface area contributed by atoms with Crippen LogP contribution in [0.1, 0.15) is 32.3 Å². The number of ether oxygens (including phenoxy) is 2. The summed E-state index contributed by atoms with van der Waals surface area (Å²) in [5, 5.41) is 19.3. The van der Waals surface area contributed by atoms with Crippen LogP contribution in [0.25, 0.3) is 0 Å². The van der Waals surface area contributed by atoms with E-state index < -0.39 is 47.4 Å². The molecule has 4 heterocycles. The Hall–Kier alpha value is -4.32. The number of hydrogen-bond donors (Lipinski definition) is 2. The molecule has 16 nitrogen and oxygen atoms in total. The largest absolute Gasteiger partial charge is 0.427 e. The highest BCUT2D eigenvalue weighted by Gasteiger charge is 2.54. The van der Waals surface area contributed by atoms with Gasteiger partial charge in [0.25, 0.3) is 11.8 Å². The second-order valence-corrected chi connectivity index (χ2v) is 11.9. The Morgan fingerprint density at radius 3 is 2.67 bits per heavy atom. The molecular formula is C24H29N9O7S2. The van der Waals surface area contributed by atoms with E-state index in [0.29, 0.717) is 17.2 Å². The summed E-state index contributed by atoms with van der Waals surface area (Å²) < 4.78 is 10.3. The topological polar surface area (TPSA) is 206 Å². The van der Waals surface area contributed by atoms with Crippen molar-refractivity contribution in [1.29, 1.82) is 0 Å². The zero-order chi connectivity index (χ0) is 30.6. The molecular weight excluding hydrogens is 590 g/mol. The first-order chi connectivity index (χ1) is 19.9. The van der Waals surface area contributed by atoms with E-state index in [2.05, 4.69) is 30.9 Å². The molecule has 1 unspecified atom stereocenters. The molecule has 2 aliphatic heterocycles. The number of anilines is 1. The fourth-order valence-electron chi connectivity index (χ4n) is 3.77. The first-order valence-electron chi connectivity index (χ1n) is 12.5. The van der Waals surface area contributed by atoms with Gasteiger partial charge >= 0.3 is 11.9 Å². The Kier molecular flexibility index (Phi) is 9.25. The molecule has 0 aromatic carbocycles. The number of tetrazole rings is 1. The number of esters is 2. The molecule has 0 spiro atoms. The first-order valence-corrected chi connectivity index (χ1v) is 14.4. The van der Waals surface area contributed by atoms with E-state index in [1.807, 2.05) is 0 Å². The van der Waals surface area contributed by atoms with Crippen molar-refractivity contribution < 1.29 is 33.5 Å². The highest BCUT2D eigenvalue weighted by molar-refractivity contribution is 8.00. The van der Waals surface area contributed by atoms with E-state index in [0.717, 1.165) is 11.3 Å². The number of hydrogen-bond acceptors (Lipinski definition) is 15.